The number of fused-ring (bicyclic) bond motifs is 3. The normalized spacial score (nSPS) is 28.1. The van der Waals surface area contributed by atoms with Crippen molar-refractivity contribution < 1.29 is 60.1 Å². The molecule has 2 aliphatic heterocycles. The Morgan fingerprint density at radius 3 is 2.41 bits per heavy atom. The number of rotatable bonds is 11. The monoisotopic (exact) mass is 881 g/mol. The Bertz CT molecular complexity index is 2190. The second kappa shape index (κ2) is 16.7. The van der Waals surface area contributed by atoms with Gasteiger partial charge in [-0.15, -0.1) is 0 Å². The summed E-state index contributed by atoms with van der Waals surface area (Å²) in [7, 11) is -2.72. The molecular weight excluding hydrogens is 828 g/mol. The van der Waals surface area contributed by atoms with Gasteiger partial charge in [-0.3, -0.25) is 24.0 Å². The number of alkyl halides is 3. The molecule has 6 rings (SSSR count). The molecule has 2 saturated carbocycles. The highest BCUT2D eigenvalue weighted by atomic mass is 32.2. The molecule has 2 aromatic rings. The molecule has 61 heavy (non-hydrogen) atoms. The third kappa shape index (κ3) is 8.88. The number of carbonyl (C=O) groups excluding carboxylic acids is 3. The van der Waals surface area contributed by atoms with Gasteiger partial charge >= 0.3 is 12.3 Å². The molecule has 0 aromatic carbocycles. The van der Waals surface area contributed by atoms with Gasteiger partial charge in [0, 0.05) is 18.4 Å². The molecule has 4 heterocycles. The van der Waals surface area contributed by atoms with E-state index in [0.29, 0.717) is 45.0 Å². The minimum absolute atomic E-state index is 0.0276. The number of nitrogens with one attached hydrogen (secondary N) is 2. The maximum absolute atomic E-state index is 15.2. The Morgan fingerprint density at radius 2 is 1.80 bits per heavy atom. The number of amides is 4. The molecule has 0 unspecified atom stereocenters. The maximum atomic E-state index is 15.2. The molecule has 0 spiro atoms. The summed E-state index contributed by atoms with van der Waals surface area (Å²) in [4.78, 5) is 71.3. The molecule has 21 heteroatoms. The van der Waals surface area contributed by atoms with Crippen molar-refractivity contribution in [2.24, 2.45) is 17.8 Å². The van der Waals surface area contributed by atoms with Crippen LogP contribution in [0.15, 0.2) is 24.4 Å². The van der Waals surface area contributed by atoms with Crippen LogP contribution in [-0.2, 0) is 24.4 Å². The number of ether oxygens (including phenoxy) is 3. The Balaban J connectivity index is 1.45. The third-order valence-electron chi connectivity index (χ3n) is 12.6. The van der Waals surface area contributed by atoms with Crippen molar-refractivity contribution in [1.29, 1.82) is 0 Å². The number of halogens is 3. The fraction of sp³-hybridized carbons (Fsp3) is 0.675. The summed E-state index contributed by atoms with van der Waals surface area (Å²) < 4.78 is 89.2. The van der Waals surface area contributed by atoms with Crippen LogP contribution in [0.3, 0.4) is 0 Å². The number of pyridine rings is 1. The Labute approximate surface area is 352 Å². The number of sulfonamides is 1. The van der Waals surface area contributed by atoms with Crippen molar-refractivity contribution in [2.75, 3.05) is 20.3 Å². The summed E-state index contributed by atoms with van der Waals surface area (Å²) >= 11 is 0. The van der Waals surface area contributed by atoms with E-state index in [1.165, 1.54) is 26.3 Å². The first-order chi connectivity index (χ1) is 28.5. The van der Waals surface area contributed by atoms with Crippen molar-refractivity contribution in [3.8, 4) is 17.6 Å². The molecule has 3 fully saturated rings. The van der Waals surface area contributed by atoms with Crippen LogP contribution >= 0.6 is 0 Å². The number of hydrogen-bond donors (Lipinski definition) is 3. The van der Waals surface area contributed by atoms with Gasteiger partial charge in [-0.05, 0) is 78.1 Å². The average Bonchev–Trinajstić information content (AvgIpc) is 4.06. The topological polar surface area (TPSA) is 220 Å². The largest absolute Gasteiger partial charge is 0.481 e. The number of nitrogens with zero attached hydrogens (tertiary/aromatic N) is 5. The number of methoxy groups -OCH3 is 1. The fourth-order valence-electron chi connectivity index (χ4n) is 8.26. The van der Waals surface area contributed by atoms with Gasteiger partial charge < -0.3 is 29.5 Å². The quantitative estimate of drug-likeness (QED) is 0.260. The molecule has 2 aromatic heterocycles. The van der Waals surface area contributed by atoms with Gasteiger partial charge in [0.1, 0.15) is 34.8 Å². The summed E-state index contributed by atoms with van der Waals surface area (Å²) in [5, 5.41) is 13.3. The summed E-state index contributed by atoms with van der Waals surface area (Å²) in [6.07, 6.45) is -1.65. The highest BCUT2D eigenvalue weighted by molar-refractivity contribution is 7.91. The standard InChI is InChI=1S/C40H54F3N7O10S/c1-8-23-16-22(3)12-10-11-13-24-19-39(24,35(53)48-61(56,57)38(6)14-15-38)47-31(51)28-17-25(21-49(28)34(52)30(23)50(36(54)55)37(4,5)40(41,42)43)60-33-32(59-9-2)45-26-18-29(58-7)44-20-27(26)46-33/h11,13,18,20,22-25,28,30H,8-10,12,14-17,19,21H2,1-7H3,(H,47,51)(H,48,53)(H,54,55)/t22-,23-,24-,25-,28+,30+,39-/m1/s1. The van der Waals surface area contributed by atoms with Crippen LogP contribution in [0.1, 0.15) is 92.9 Å². The van der Waals surface area contributed by atoms with E-state index in [-0.39, 0.29) is 66.3 Å². The predicted molar refractivity (Wildman–Crippen MR) is 213 cm³/mol. The molecule has 4 amide bonds. The van der Waals surface area contributed by atoms with Crippen LogP contribution in [0.2, 0.25) is 0 Å². The number of aromatic nitrogens is 3. The van der Waals surface area contributed by atoms with Gasteiger partial charge in [0.25, 0.3) is 17.7 Å². The van der Waals surface area contributed by atoms with E-state index in [2.05, 4.69) is 25.0 Å². The van der Waals surface area contributed by atoms with Crippen LogP contribution in [0.5, 0.6) is 17.6 Å². The predicted octanol–water partition coefficient (Wildman–Crippen LogP) is 4.75. The molecule has 3 N–H and O–H groups in total. The minimum atomic E-state index is -5.12. The minimum Gasteiger partial charge on any atom is -0.481 e. The van der Waals surface area contributed by atoms with E-state index in [4.69, 9.17) is 14.2 Å². The van der Waals surface area contributed by atoms with Crippen LogP contribution in [0.4, 0.5) is 18.0 Å². The highest BCUT2D eigenvalue weighted by Crippen LogP contribution is 2.48. The van der Waals surface area contributed by atoms with Gasteiger partial charge in [-0.2, -0.15) is 13.2 Å². The summed E-state index contributed by atoms with van der Waals surface area (Å²) in [5.74, 6) is -4.67. The zero-order valence-electron chi connectivity index (χ0n) is 35.2. The van der Waals surface area contributed by atoms with Crippen LogP contribution in [0.25, 0.3) is 11.0 Å². The molecule has 1 saturated heterocycles. The first kappa shape index (κ1) is 45.6. The molecule has 2 aliphatic carbocycles. The lowest BCUT2D eigenvalue weighted by Crippen LogP contribution is -2.66. The van der Waals surface area contributed by atoms with E-state index < -0.39 is 92.4 Å². The summed E-state index contributed by atoms with van der Waals surface area (Å²) in [6.45, 7) is 7.80. The van der Waals surface area contributed by atoms with Crippen molar-refractivity contribution in [2.45, 2.75) is 133 Å². The van der Waals surface area contributed by atoms with Gasteiger partial charge in [0.2, 0.25) is 27.7 Å². The van der Waals surface area contributed by atoms with E-state index in [1.54, 1.807) is 26.0 Å². The van der Waals surface area contributed by atoms with Crippen LogP contribution < -0.4 is 24.2 Å². The van der Waals surface area contributed by atoms with Gasteiger partial charge in [0.05, 0.1) is 36.7 Å². The lowest BCUT2D eigenvalue weighted by Gasteiger charge is -2.46. The Morgan fingerprint density at radius 1 is 1.11 bits per heavy atom. The molecule has 336 valence electrons. The van der Waals surface area contributed by atoms with Crippen LogP contribution in [0, 0.1) is 17.8 Å². The SMILES string of the molecule is CCOc1nc2cc(OC)ncc2nc1O[C@@H]1C[C@H]2C(=O)N[C@]3(C(=O)NS(=O)(=O)C4(C)CC4)C[C@H]3C=CCC[C@@H](C)C[C@@H](CC)[C@H](N(C(=O)O)C(C)(C)C(F)(F)F)C(=O)N2C1. The molecule has 4 aliphatic rings. The summed E-state index contributed by atoms with van der Waals surface area (Å²) in [6, 6.07) is -1.94. The number of carboxylic acid groups (broad SMARTS) is 1. The van der Waals surface area contributed by atoms with E-state index in [1.807, 2.05) is 6.92 Å². The molecule has 0 bridgehead atoms. The average molecular weight is 882 g/mol. The second-order valence-electron chi connectivity index (χ2n) is 17.3. The lowest BCUT2D eigenvalue weighted by atomic mass is 9.82. The van der Waals surface area contributed by atoms with Gasteiger partial charge in [-0.1, -0.05) is 32.4 Å². The van der Waals surface area contributed by atoms with Crippen LogP contribution in [-0.4, -0.2) is 123 Å². The number of hydrogen-bond acceptors (Lipinski definition) is 12. The fourth-order valence-corrected chi connectivity index (χ4v) is 9.57. The molecule has 7 atom stereocenters. The van der Waals surface area contributed by atoms with Crippen molar-refractivity contribution in [3.05, 3.63) is 24.4 Å². The molecule has 0 radical (unpaired) electrons. The third-order valence-corrected chi connectivity index (χ3v) is 14.7. The maximum Gasteiger partial charge on any atom is 0.411 e. The smallest absolute Gasteiger partial charge is 0.411 e. The first-order valence-corrected chi connectivity index (χ1v) is 22.0. The summed E-state index contributed by atoms with van der Waals surface area (Å²) in [5.41, 5.74) is -4.20. The second-order valence-corrected chi connectivity index (χ2v) is 19.5. The van der Waals surface area contributed by atoms with E-state index in [0.717, 1.165) is 4.90 Å². The number of carbonyl (C=O) groups is 4. The zero-order valence-corrected chi connectivity index (χ0v) is 36.1. The molecule has 17 nitrogen and oxygen atoms in total. The van der Waals surface area contributed by atoms with E-state index in [9.17, 15) is 41.1 Å². The lowest BCUT2D eigenvalue weighted by molar-refractivity contribution is -0.222. The van der Waals surface area contributed by atoms with Gasteiger partial charge in [0.15, 0.2) is 0 Å². The van der Waals surface area contributed by atoms with Gasteiger partial charge in [-0.25, -0.2) is 28.2 Å². The van der Waals surface area contributed by atoms with Crippen molar-refractivity contribution in [3.63, 3.8) is 0 Å². The van der Waals surface area contributed by atoms with Crippen molar-refractivity contribution >= 4 is 44.9 Å². The van der Waals surface area contributed by atoms with E-state index >= 15 is 4.79 Å². The first-order valence-electron chi connectivity index (χ1n) is 20.5. The van der Waals surface area contributed by atoms with Crippen molar-refractivity contribution in [1.82, 2.24) is 34.8 Å². The number of allylic oxidation sites excluding steroid dienone is 1. The molecular formula is C40H54F3N7O10S. The Kier molecular flexibility index (Phi) is 12.5. The zero-order chi connectivity index (χ0) is 44.9. The Hall–Kier alpha value is -4.95. The highest BCUT2D eigenvalue weighted by Gasteiger charge is 2.64.